The zero-order valence-corrected chi connectivity index (χ0v) is 8.68. The van der Waals surface area contributed by atoms with E-state index in [0.29, 0.717) is 6.42 Å². The molecule has 2 atom stereocenters. The van der Waals surface area contributed by atoms with Crippen LogP contribution in [-0.2, 0) is 11.2 Å². The van der Waals surface area contributed by atoms with Crippen molar-refractivity contribution in [3.63, 3.8) is 0 Å². The quantitative estimate of drug-likeness (QED) is 0.678. The predicted octanol–water partition coefficient (Wildman–Crippen LogP) is 0.661. The molecule has 0 bridgehead atoms. The Bertz CT molecular complexity index is 333. The van der Waals surface area contributed by atoms with Crippen LogP contribution in [0.25, 0.3) is 0 Å². The first-order chi connectivity index (χ1) is 7.00. The van der Waals surface area contributed by atoms with Gasteiger partial charge in [-0.3, -0.25) is 4.79 Å². The topological polar surface area (TPSA) is 89.3 Å². The van der Waals surface area contributed by atoms with Gasteiger partial charge in [0, 0.05) is 6.04 Å². The van der Waals surface area contributed by atoms with Crippen LogP contribution in [0.2, 0.25) is 0 Å². The molecule has 4 nitrogen and oxygen atoms in total. The third kappa shape index (κ3) is 3.34. The highest BCUT2D eigenvalue weighted by Gasteiger charge is 2.11. The first kappa shape index (κ1) is 11.7. The molecule has 1 aromatic carbocycles. The fourth-order valence-corrected chi connectivity index (χ4v) is 1.30. The van der Waals surface area contributed by atoms with Crippen LogP contribution in [0.3, 0.4) is 0 Å². The third-order valence-corrected chi connectivity index (χ3v) is 2.28. The average molecular weight is 208 g/mol. The molecule has 5 N–H and O–H groups in total. The van der Waals surface area contributed by atoms with Gasteiger partial charge in [-0.1, -0.05) is 24.3 Å². The highest BCUT2D eigenvalue weighted by atomic mass is 16.4. The molecular formula is C11H16N2O2. The minimum absolute atomic E-state index is 0.00722. The van der Waals surface area contributed by atoms with Gasteiger partial charge in [-0.2, -0.15) is 0 Å². The molecule has 82 valence electrons. The fraction of sp³-hybridized carbons (Fsp3) is 0.364. The summed E-state index contributed by atoms with van der Waals surface area (Å²) in [5.41, 5.74) is 13.1. The first-order valence-electron chi connectivity index (χ1n) is 4.83. The molecule has 0 aliphatic carbocycles. The molecule has 0 saturated heterocycles. The third-order valence-electron chi connectivity index (χ3n) is 2.28. The Labute approximate surface area is 88.9 Å². The van der Waals surface area contributed by atoms with E-state index >= 15 is 0 Å². The number of benzene rings is 1. The maximum atomic E-state index is 10.5. The lowest BCUT2D eigenvalue weighted by atomic mass is 10.0. The van der Waals surface area contributed by atoms with Crippen LogP contribution in [0.5, 0.6) is 0 Å². The molecule has 0 saturated carbocycles. The molecule has 1 aromatic rings. The molecule has 0 spiro atoms. The Hall–Kier alpha value is -1.39. The monoisotopic (exact) mass is 208 g/mol. The van der Waals surface area contributed by atoms with Gasteiger partial charge in [0.2, 0.25) is 0 Å². The van der Waals surface area contributed by atoms with Gasteiger partial charge in [-0.25, -0.2) is 0 Å². The Morgan fingerprint density at radius 1 is 1.33 bits per heavy atom. The standard InChI is InChI=1S/C11H16N2O2/c1-7(12)9-4-2-8(3-5-9)6-10(13)11(14)15/h2-5,7,10H,6,12-13H2,1H3,(H,14,15). The van der Waals surface area contributed by atoms with Gasteiger partial charge < -0.3 is 16.6 Å². The molecule has 15 heavy (non-hydrogen) atoms. The van der Waals surface area contributed by atoms with Crippen LogP contribution in [0.4, 0.5) is 0 Å². The van der Waals surface area contributed by atoms with Crippen molar-refractivity contribution >= 4 is 5.97 Å². The van der Waals surface area contributed by atoms with Crippen molar-refractivity contribution < 1.29 is 9.90 Å². The van der Waals surface area contributed by atoms with E-state index in [2.05, 4.69) is 0 Å². The maximum Gasteiger partial charge on any atom is 0.320 e. The largest absolute Gasteiger partial charge is 0.480 e. The molecule has 0 amide bonds. The highest BCUT2D eigenvalue weighted by molar-refractivity contribution is 5.73. The number of rotatable bonds is 4. The summed E-state index contributed by atoms with van der Waals surface area (Å²) in [5.74, 6) is -0.980. The molecule has 0 aliphatic heterocycles. The zero-order valence-electron chi connectivity index (χ0n) is 8.68. The van der Waals surface area contributed by atoms with E-state index in [4.69, 9.17) is 16.6 Å². The van der Waals surface area contributed by atoms with Crippen molar-refractivity contribution in [2.45, 2.75) is 25.4 Å². The zero-order chi connectivity index (χ0) is 11.4. The van der Waals surface area contributed by atoms with Gasteiger partial charge in [0.25, 0.3) is 0 Å². The van der Waals surface area contributed by atoms with Crippen LogP contribution in [0.15, 0.2) is 24.3 Å². The van der Waals surface area contributed by atoms with Gasteiger partial charge in [-0.15, -0.1) is 0 Å². The lowest BCUT2D eigenvalue weighted by molar-refractivity contribution is -0.138. The minimum Gasteiger partial charge on any atom is -0.480 e. The Kier molecular flexibility index (Phi) is 3.82. The van der Waals surface area contributed by atoms with Gasteiger partial charge in [-0.05, 0) is 24.5 Å². The predicted molar refractivity (Wildman–Crippen MR) is 58.4 cm³/mol. The average Bonchev–Trinajstić information content (AvgIpc) is 2.18. The molecular weight excluding hydrogens is 192 g/mol. The molecule has 0 heterocycles. The second kappa shape index (κ2) is 4.91. The van der Waals surface area contributed by atoms with Gasteiger partial charge in [0.15, 0.2) is 0 Å². The SMILES string of the molecule is CC(N)c1ccc(CC(N)C(=O)O)cc1. The summed E-state index contributed by atoms with van der Waals surface area (Å²) < 4.78 is 0. The van der Waals surface area contributed by atoms with Crippen molar-refractivity contribution in [1.82, 2.24) is 0 Å². The summed E-state index contributed by atoms with van der Waals surface area (Å²) in [6, 6.07) is 6.67. The van der Waals surface area contributed by atoms with Crippen LogP contribution in [0.1, 0.15) is 24.1 Å². The number of hydrogen-bond acceptors (Lipinski definition) is 3. The van der Waals surface area contributed by atoms with Gasteiger partial charge in [0.05, 0.1) is 0 Å². The van der Waals surface area contributed by atoms with Crippen molar-refractivity contribution in [2.75, 3.05) is 0 Å². The van der Waals surface area contributed by atoms with E-state index in [1.807, 2.05) is 31.2 Å². The van der Waals surface area contributed by atoms with Crippen molar-refractivity contribution in [3.05, 3.63) is 35.4 Å². The van der Waals surface area contributed by atoms with E-state index in [9.17, 15) is 4.79 Å². The van der Waals surface area contributed by atoms with Gasteiger partial charge >= 0.3 is 5.97 Å². The Morgan fingerprint density at radius 2 is 1.87 bits per heavy atom. The summed E-state index contributed by atoms with van der Waals surface area (Å²) in [4.78, 5) is 10.5. The number of aliphatic carboxylic acids is 1. The molecule has 2 unspecified atom stereocenters. The number of nitrogens with two attached hydrogens (primary N) is 2. The van der Waals surface area contributed by atoms with Crippen LogP contribution < -0.4 is 11.5 Å². The normalized spacial score (nSPS) is 14.6. The second-order valence-corrected chi connectivity index (χ2v) is 3.68. The summed E-state index contributed by atoms with van der Waals surface area (Å²) in [6.07, 6.45) is 0.342. The van der Waals surface area contributed by atoms with Crippen molar-refractivity contribution in [1.29, 1.82) is 0 Å². The van der Waals surface area contributed by atoms with Crippen LogP contribution >= 0.6 is 0 Å². The number of carboxylic acids is 1. The molecule has 0 radical (unpaired) electrons. The number of hydrogen-bond donors (Lipinski definition) is 3. The van der Waals surface area contributed by atoms with E-state index in [-0.39, 0.29) is 6.04 Å². The summed E-state index contributed by atoms with van der Waals surface area (Å²) in [7, 11) is 0. The molecule has 4 heteroatoms. The Morgan fingerprint density at radius 3 is 2.27 bits per heavy atom. The lowest BCUT2D eigenvalue weighted by Gasteiger charge is -2.09. The van der Waals surface area contributed by atoms with Crippen molar-refractivity contribution in [2.24, 2.45) is 11.5 Å². The smallest absolute Gasteiger partial charge is 0.320 e. The first-order valence-corrected chi connectivity index (χ1v) is 4.83. The maximum absolute atomic E-state index is 10.5. The van der Waals surface area contributed by atoms with Gasteiger partial charge in [0.1, 0.15) is 6.04 Å². The molecule has 0 fully saturated rings. The van der Waals surface area contributed by atoms with E-state index in [1.54, 1.807) is 0 Å². The second-order valence-electron chi connectivity index (χ2n) is 3.68. The van der Waals surface area contributed by atoms with E-state index < -0.39 is 12.0 Å². The lowest BCUT2D eigenvalue weighted by Crippen LogP contribution is -2.32. The summed E-state index contributed by atoms with van der Waals surface area (Å²) >= 11 is 0. The van der Waals surface area contributed by atoms with E-state index in [1.165, 1.54) is 0 Å². The summed E-state index contributed by atoms with van der Waals surface area (Å²) in [5, 5.41) is 8.64. The highest BCUT2D eigenvalue weighted by Crippen LogP contribution is 2.11. The van der Waals surface area contributed by atoms with Crippen LogP contribution in [0, 0.1) is 0 Å². The molecule has 0 aliphatic rings. The fourth-order valence-electron chi connectivity index (χ4n) is 1.30. The Balaban J connectivity index is 2.68. The number of carbonyl (C=O) groups is 1. The summed E-state index contributed by atoms with van der Waals surface area (Å²) in [6.45, 7) is 1.90. The van der Waals surface area contributed by atoms with Crippen LogP contribution in [-0.4, -0.2) is 17.1 Å². The van der Waals surface area contributed by atoms with Crippen molar-refractivity contribution in [3.8, 4) is 0 Å². The number of carboxylic acid groups (broad SMARTS) is 1. The minimum atomic E-state index is -0.980. The molecule has 0 aromatic heterocycles. The van der Waals surface area contributed by atoms with E-state index in [0.717, 1.165) is 11.1 Å². The molecule has 1 rings (SSSR count).